The molecule has 4 atom stereocenters. The van der Waals surface area contributed by atoms with Gasteiger partial charge in [0.25, 0.3) is 5.91 Å². The number of carbonyl (C=O) groups is 2. The predicted molar refractivity (Wildman–Crippen MR) is 161 cm³/mol. The van der Waals surface area contributed by atoms with Crippen LogP contribution in [0.15, 0.2) is 63.8 Å². The van der Waals surface area contributed by atoms with Gasteiger partial charge in [0.2, 0.25) is 6.29 Å². The molecule has 4 aromatic rings. The Kier molecular flexibility index (Phi) is 9.07. The number of aliphatic hydroxyl groups is 1. The maximum Gasteiger partial charge on any atom is 0.404 e. The quantitative estimate of drug-likeness (QED) is 0.196. The number of fused-ring (bicyclic) bond motifs is 1. The molecule has 1 saturated heterocycles. The van der Waals surface area contributed by atoms with E-state index in [2.05, 4.69) is 5.32 Å². The van der Waals surface area contributed by atoms with Crippen LogP contribution in [-0.4, -0.2) is 59.5 Å². The molecule has 0 radical (unpaired) electrons. The number of hydrogen-bond donors (Lipinski definition) is 4. The number of anilines is 1. The first-order chi connectivity index (χ1) is 22.2. The highest BCUT2D eigenvalue weighted by atomic mass is 19.1. The molecule has 15 heteroatoms. The van der Waals surface area contributed by atoms with Crippen molar-refractivity contribution in [2.45, 2.75) is 51.0 Å². The number of hydrogen-bond acceptors (Lipinski definition) is 11. The average Bonchev–Trinajstić information content (AvgIpc) is 3.01. The van der Waals surface area contributed by atoms with Crippen LogP contribution in [0.1, 0.15) is 29.8 Å². The minimum atomic E-state index is -1.55. The van der Waals surface area contributed by atoms with E-state index >= 15 is 0 Å². The summed E-state index contributed by atoms with van der Waals surface area (Å²) in [4.78, 5) is 37.5. The fraction of sp³-hybridized carbons (Fsp3) is 0.281. The normalized spacial score (nSPS) is 20.4. The number of carbonyl (C=O) groups excluding carboxylic acids is 2. The summed E-state index contributed by atoms with van der Waals surface area (Å²) in [5, 5.41) is 24.2. The number of primary amides is 1. The lowest BCUT2D eigenvalue weighted by atomic mass is 9.89. The third-order valence-corrected chi connectivity index (χ3v) is 7.49. The number of halogens is 2. The minimum absolute atomic E-state index is 0.0176. The van der Waals surface area contributed by atoms with Crippen LogP contribution < -0.4 is 26.1 Å². The molecule has 0 unspecified atom stereocenters. The van der Waals surface area contributed by atoms with Crippen molar-refractivity contribution in [2.75, 3.05) is 12.4 Å². The maximum absolute atomic E-state index is 14.4. The fourth-order valence-electron chi connectivity index (χ4n) is 5.21. The molecule has 0 saturated carbocycles. The number of rotatable bonds is 8. The summed E-state index contributed by atoms with van der Waals surface area (Å²) in [6.07, 6.45) is -6.26. The standard InChI is InChI=1S/C32H30F2N2O11/c1-14-20(44-30-24(38)26(46-31(35)41)27(42-4)32(2,3)47-30)12-10-18-23(37)22(29(40)45-25(14)18)36-28(39)15-5-11-19(34)21(13-15)43-17-8-6-16(33)7-9-17/h5-13,24,26-27,30,37-38H,1-4H3,(H2,35,41)(H,36,39)/t24-,26+,27-,30-/m1/s1. The van der Waals surface area contributed by atoms with Crippen molar-refractivity contribution in [3.8, 4) is 23.0 Å². The molecule has 0 aliphatic carbocycles. The summed E-state index contributed by atoms with van der Waals surface area (Å²) in [7, 11) is 1.35. The van der Waals surface area contributed by atoms with Gasteiger partial charge in [-0.15, -0.1) is 0 Å². The van der Waals surface area contributed by atoms with E-state index in [1.54, 1.807) is 13.8 Å². The highest BCUT2D eigenvalue weighted by Gasteiger charge is 2.53. The van der Waals surface area contributed by atoms with E-state index in [4.69, 9.17) is 33.8 Å². The van der Waals surface area contributed by atoms with Gasteiger partial charge in [0.1, 0.15) is 29.0 Å². The van der Waals surface area contributed by atoms with Crippen molar-refractivity contribution in [1.29, 1.82) is 0 Å². The molecule has 3 aromatic carbocycles. The highest BCUT2D eigenvalue weighted by Crippen LogP contribution is 2.38. The molecule has 1 aliphatic heterocycles. The molecular formula is C32H30F2N2O11. The second-order valence-corrected chi connectivity index (χ2v) is 11.1. The first kappa shape index (κ1) is 33.1. The first-order valence-corrected chi connectivity index (χ1v) is 14.0. The Labute approximate surface area is 265 Å². The van der Waals surface area contributed by atoms with Crippen LogP contribution in [0.25, 0.3) is 11.0 Å². The number of amides is 2. The molecule has 13 nitrogen and oxygen atoms in total. The maximum atomic E-state index is 14.4. The van der Waals surface area contributed by atoms with Crippen molar-refractivity contribution in [3.63, 3.8) is 0 Å². The van der Waals surface area contributed by atoms with Gasteiger partial charge in [-0.25, -0.2) is 18.4 Å². The number of ether oxygens (including phenoxy) is 5. The molecule has 0 bridgehead atoms. The Morgan fingerprint density at radius 3 is 2.40 bits per heavy atom. The van der Waals surface area contributed by atoms with Gasteiger partial charge < -0.3 is 49.4 Å². The van der Waals surface area contributed by atoms with Crippen molar-refractivity contribution in [2.24, 2.45) is 5.73 Å². The molecule has 5 N–H and O–H groups in total. The van der Waals surface area contributed by atoms with Crippen LogP contribution in [0.3, 0.4) is 0 Å². The Bertz CT molecular complexity index is 1900. The van der Waals surface area contributed by atoms with Gasteiger partial charge >= 0.3 is 11.7 Å². The SMILES string of the molecule is CO[C@@H]1[C@@H](OC(N)=O)[C@@H](O)[C@H](Oc2ccc3c(O)c(NC(=O)c4ccc(F)c(Oc5ccc(F)cc5)c4)c(=O)oc3c2C)OC1(C)C. The summed E-state index contributed by atoms with van der Waals surface area (Å²) in [6.45, 7) is 4.77. The van der Waals surface area contributed by atoms with E-state index in [0.29, 0.717) is 0 Å². The molecule has 1 aliphatic rings. The number of benzene rings is 3. The molecular weight excluding hydrogens is 626 g/mol. The number of aryl methyl sites for hydroxylation is 1. The van der Waals surface area contributed by atoms with Gasteiger partial charge in [-0.2, -0.15) is 0 Å². The van der Waals surface area contributed by atoms with Gasteiger partial charge in [0.05, 0.1) is 11.0 Å². The summed E-state index contributed by atoms with van der Waals surface area (Å²) in [5.74, 6) is -3.02. The lowest BCUT2D eigenvalue weighted by molar-refractivity contribution is -0.304. The van der Waals surface area contributed by atoms with Gasteiger partial charge in [0, 0.05) is 18.2 Å². The molecule has 47 heavy (non-hydrogen) atoms. The molecule has 248 valence electrons. The van der Waals surface area contributed by atoms with Gasteiger partial charge in [-0.05, 0) is 75.4 Å². The summed E-state index contributed by atoms with van der Waals surface area (Å²) >= 11 is 0. The van der Waals surface area contributed by atoms with Crippen LogP contribution in [0.2, 0.25) is 0 Å². The zero-order valence-corrected chi connectivity index (χ0v) is 25.4. The van der Waals surface area contributed by atoms with Crippen LogP contribution in [-0.2, 0) is 14.2 Å². The van der Waals surface area contributed by atoms with E-state index in [0.717, 1.165) is 30.3 Å². The highest BCUT2D eigenvalue weighted by molar-refractivity contribution is 6.06. The largest absolute Gasteiger partial charge is 0.505 e. The summed E-state index contributed by atoms with van der Waals surface area (Å²) in [5.41, 5.74) is 2.32. The molecule has 0 spiro atoms. The number of nitrogens with two attached hydrogens (primary N) is 1. The van der Waals surface area contributed by atoms with E-state index < -0.39 is 70.9 Å². The second kappa shape index (κ2) is 12.9. The van der Waals surface area contributed by atoms with Crippen LogP contribution in [0.5, 0.6) is 23.0 Å². The van der Waals surface area contributed by atoms with Crippen molar-refractivity contribution in [3.05, 3.63) is 87.8 Å². The zero-order chi connectivity index (χ0) is 34.2. The van der Waals surface area contributed by atoms with Crippen molar-refractivity contribution < 1.29 is 56.7 Å². The topological polar surface area (TPSA) is 189 Å². The monoisotopic (exact) mass is 656 g/mol. The van der Waals surface area contributed by atoms with E-state index in [9.17, 15) is 33.4 Å². The Morgan fingerprint density at radius 2 is 1.74 bits per heavy atom. The molecule has 1 fully saturated rings. The van der Waals surface area contributed by atoms with Crippen LogP contribution in [0, 0.1) is 18.6 Å². The van der Waals surface area contributed by atoms with Gasteiger partial charge in [0.15, 0.2) is 35.2 Å². The second-order valence-electron chi connectivity index (χ2n) is 11.1. The fourth-order valence-corrected chi connectivity index (χ4v) is 5.21. The average molecular weight is 657 g/mol. The molecule has 5 rings (SSSR count). The number of methoxy groups -OCH3 is 1. The minimum Gasteiger partial charge on any atom is -0.505 e. The summed E-state index contributed by atoms with van der Waals surface area (Å²) in [6, 6.07) is 10.7. The van der Waals surface area contributed by atoms with Crippen molar-refractivity contribution >= 4 is 28.7 Å². The predicted octanol–water partition coefficient (Wildman–Crippen LogP) is 4.48. The smallest absolute Gasteiger partial charge is 0.404 e. The summed E-state index contributed by atoms with van der Waals surface area (Å²) < 4.78 is 60.8. The first-order valence-electron chi connectivity index (χ1n) is 14.0. The zero-order valence-electron chi connectivity index (χ0n) is 25.4. The van der Waals surface area contributed by atoms with E-state index in [-0.39, 0.29) is 39.3 Å². The van der Waals surface area contributed by atoms with Crippen molar-refractivity contribution in [1.82, 2.24) is 0 Å². The third kappa shape index (κ3) is 6.67. The Hall–Kier alpha value is -5.25. The van der Waals surface area contributed by atoms with E-state index in [1.807, 2.05) is 0 Å². The Morgan fingerprint density at radius 1 is 1.04 bits per heavy atom. The lowest BCUT2D eigenvalue weighted by Crippen LogP contribution is -2.65. The van der Waals surface area contributed by atoms with E-state index in [1.165, 1.54) is 38.3 Å². The number of nitrogens with one attached hydrogen (secondary N) is 1. The molecule has 2 heterocycles. The Balaban J connectivity index is 1.40. The van der Waals surface area contributed by atoms with Gasteiger partial charge in [-0.3, -0.25) is 4.79 Å². The lowest BCUT2D eigenvalue weighted by Gasteiger charge is -2.47. The number of aliphatic hydroxyl groups excluding tert-OH is 1. The van der Waals surface area contributed by atoms with Gasteiger partial charge in [-0.1, -0.05) is 0 Å². The van der Waals surface area contributed by atoms with Crippen LogP contribution in [0.4, 0.5) is 19.3 Å². The molecule has 1 aromatic heterocycles. The van der Waals surface area contributed by atoms with Crippen LogP contribution >= 0.6 is 0 Å². The molecule has 2 amide bonds. The number of aromatic hydroxyl groups is 1. The third-order valence-electron chi connectivity index (χ3n) is 7.49.